The molecule has 3 N–H and O–H groups in total. The number of halogens is 2. The standard InChI is InChI=1S/C12H15BrFN3O2/c1-2-5-15-11(18)7-16-12(19)17-10-4-3-8(14)6-9(10)13/h3-4,6H,2,5,7H2,1H3,(H,15,18)(H2,16,17,19). The van der Waals surface area contributed by atoms with Crippen LogP contribution >= 0.6 is 15.9 Å². The zero-order chi connectivity index (χ0) is 14.3. The molecule has 0 heterocycles. The number of carbonyl (C=O) groups is 2. The van der Waals surface area contributed by atoms with Crippen LogP contribution in [-0.2, 0) is 4.79 Å². The number of rotatable bonds is 5. The molecule has 0 unspecified atom stereocenters. The van der Waals surface area contributed by atoms with E-state index in [-0.39, 0.29) is 12.5 Å². The first-order chi connectivity index (χ1) is 9.02. The molecular formula is C12H15BrFN3O2. The molecular weight excluding hydrogens is 317 g/mol. The number of hydrogen-bond acceptors (Lipinski definition) is 2. The minimum Gasteiger partial charge on any atom is -0.355 e. The van der Waals surface area contributed by atoms with Crippen LogP contribution in [0.3, 0.4) is 0 Å². The highest BCUT2D eigenvalue weighted by atomic mass is 79.9. The SMILES string of the molecule is CCCNC(=O)CNC(=O)Nc1ccc(F)cc1Br. The molecule has 0 fully saturated rings. The molecule has 0 aliphatic heterocycles. The van der Waals surface area contributed by atoms with E-state index in [1.807, 2.05) is 6.92 Å². The number of nitrogens with one attached hydrogen (secondary N) is 3. The van der Waals surface area contributed by atoms with Gasteiger partial charge in [-0.05, 0) is 40.5 Å². The molecule has 7 heteroatoms. The van der Waals surface area contributed by atoms with Crippen LogP contribution in [0.25, 0.3) is 0 Å². The Morgan fingerprint density at radius 3 is 2.68 bits per heavy atom. The number of urea groups is 1. The lowest BCUT2D eigenvalue weighted by Crippen LogP contribution is -2.39. The maximum atomic E-state index is 12.8. The number of hydrogen-bond donors (Lipinski definition) is 3. The van der Waals surface area contributed by atoms with Crippen LogP contribution in [0.15, 0.2) is 22.7 Å². The Kier molecular flexibility index (Phi) is 6.27. The van der Waals surface area contributed by atoms with Crippen LogP contribution in [0.5, 0.6) is 0 Å². The summed E-state index contributed by atoms with van der Waals surface area (Å²) >= 11 is 3.13. The molecule has 3 amide bonds. The van der Waals surface area contributed by atoms with Crippen molar-refractivity contribution >= 4 is 33.6 Å². The predicted octanol–water partition coefficient (Wildman–Crippen LogP) is 2.24. The first-order valence-corrected chi connectivity index (χ1v) is 6.59. The van der Waals surface area contributed by atoms with E-state index in [1.165, 1.54) is 18.2 Å². The average molecular weight is 332 g/mol. The van der Waals surface area contributed by atoms with Gasteiger partial charge in [0.1, 0.15) is 5.82 Å². The predicted molar refractivity (Wildman–Crippen MR) is 74.4 cm³/mol. The summed E-state index contributed by atoms with van der Waals surface area (Å²) in [6.45, 7) is 2.41. The zero-order valence-electron chi connectivity index (χ0n) is 10.4. The minimum absolute atomic E-state index is 0.107. The van der Waals surface area contributed by atoms with Crippen molar-refractivity contribution in [1.82, 2.24) is 10.6 Å². The quantitative estimate of drug-likeness (QED) is 0.774. The molecule has 0 aliphatic carbocycles. The smallest absolute Gasteiger partial charge is 0.319 e. The van der Waals surface area contributed by atoms with Crippen molar-refractivity contribution in [1.29, 1.82) is 0 Å². The largest absolute Gasteiger partial charge is 0.355 e. The van der Waals surface area contributed by atoms with Crippen molar-refractivity contribution < 1.29 is 14.0 Å². The van der Waals surface area contributed by atoms with Gasteiger partial charge in [-0.15, -0.1) is 0 Å². The fraction of sp³-hybridized carbons (Fsp3) is 0.333. The van der Waals surface area contributed by atoms with E-state index in [2.05, 4.69) is 31.9 Å². The molecule has 19 heavy (non-hydrogen) atoms. The second-order valence-electron chi connectivity index (χ2n) is 3.78. The van der Waals surface area contributed by atoms with Crippen LogP contribution in [0.4, 0.5) is 14.9 Å². The molecule has 0 radical (unpaired) electrons. The van der Waals surface area contributed by atoms with Gasteiger partial charge < -0.3 is 16.0 Å². The van der Waals surface area contributed by atoms with Gasteiger partial charge in [-0.3, -0.25) is 4.79 Å². The molecule has 0 atom stereocenters. The molecule has 0 saturated heterocycles. The Labute approximate surface area is 119 Å². The Morgan fingerprint density at radius 1 is 1.32 bits per heavy atom. The van der Waals surface area contributed by atoms with E-state index in [4.69, 9.17) is 0 Å². The van der Waals surface area contributed by atoms with Gasteiger partial charge >= 0.3 is 6.03 Å². The third kappa shape index (κ3) is 5.69. The third-order valence-corrected chi connectivity index (χ3v) is 2.82. The Balaban J connectivity index is 2.41. The van der Waals surface area contributed by atoms with Crippen LogP contribution < -0.4 is 16.0 Å². The van der Waals surface area contributed by atoms with Gasteiger partial charge in [0.2, 0.25) is 5.91 Å². The van der Waals surface area contributed by atoms with Crippen LogP contribution in [0, 0.1) is 5.82 Å². The van der Waals surface area contributed by atoms with E-state index >= 15 is 0 Å². The second-order valence-corrected chi connectivity index (χ2v) is 4.64. The van der Waals surface area contributed by atoms with Crippen molar-refractivity contribution in [3.8, 4) is 0 Å². The van der Waals surface area contributed by atoms with E-state index in [0.29, 0.717) is 16.7 Å². The summed E-state index contributed by atoms with van der Waals surface area (Å²) in [5, 5.41) is 7.54. The van der Waals surface area contributed by atoms with Gasteiger partial charge in [0.15, 0.2) is 0 Å². The maximum absolute atomic E-state index is 12.8. The molecule has 5 nitrogen and oxygen atoms in total. The van der Waals surface area contributed by atoms with Crippen molar-refractivity contribution in [3.63, 3.8) is 0 Å². The molecule has 0 spiro atoms. The molecule has 0 aliphatic rings. The minimum atomic E-state index is -0.529. The summed E-state index contributed by atoms with van der Waals surface area (Å²) in [5.74, 6) is -0.660. The lowest BCUT2D eigenvalue weighted by Gasteiger charge is -2.09. The number of anilines is 1. The lowest BCUT2D eigenvalue weighted by molar-refractivity contribution is -0.120. The first kappa shape index (κ1) is 15.4. The van der Waals surface area contributed by atoms with Crippen LogP contribution in [0.2, 0.25) is 0 Å². The van der Waals surface area contributed by atoms with E-state index in [9.17, 15) is 14.0 Å². The number of carbonyl (C=O) groups excluding carboxylic acids is 2. The average Bonchev–Trinajstić information content (AvgIpc) is 2.37. The summed E-state index contributed by atoms with van der Waals surface area (Å²) in [4.78, 5) is 22.8. The normalized spacial score (nSPS) is 9.84. The Morgan fingerprint density at radius 2 is 2.05 bits per heavy atom. The Bertz CT molecular complexity index is 468. The van der Waals surface area contributed by atoms with Crippen LogP contribution in [-0.4, -0.2) is 25.0 Å². The van der Waals surface area contributed by atoms with E-state index in [0.717, 1.165) is 6.42 Å². The van der Waals surface area contributed by atoms with E-state index in [1.54, 1.807) is 0 Å². The monoisotopic (exact) mass is 331 g/mol. The highest BCUT2D eigenvalue weighted by Crippen LogP contribution is 2.22. The van der Waals surface area contributed by atoms with Gasteiger partial charge in [-0.2, -0.15) is 0 Å². The van der Waals surface area contributed by atoms with Crippen molar-refractivity contribution in [2.24, 2.45) is 0 Å². The highest BCUT2D eigenvalue weighted by Gasteiger charge is 2.07. The van der Waals surface area contributed by atoms with Gasteiger partial charge in [0, 0.05) is 11.0 Å². The number of amides is 3. The van der Waals surface area contributed by atoms with Gasteiger partial charge in [-0.25, -0.2) is 9.18 Å². The first-order valence-electron chi connectivity index (χ1n) is 5.79. The van der Waals surface area contributed by atoms with Crippen LogP contribution in [0.1, 0.15) is 13.3 Å². The number of benzene rings is 1. The fourth-order valence-corrected chi connectivity index (χ4v) is 1.69. The molecule has 1 aromatic rings. The molecule has 104 valence electrons. The molecule has 1 rings (SSSR count). The Hall–Kier alpha value is -1.63. The summed E-state index contributed by atoms with van der Waals surface area (Å²) in [6.07, 6.45) is 0.834. The van der Waals surface area contributed by atoms with Gasteiger partial charge in [-0.1, -0.05) is 6.92 Å². The zero-order valence-corrected chi connectivity index (χ0v) is 12.0. The third-order valence-electron chi connectivity index (χ3n) is 2.16. The highest BCUT2D eigenvalue weighted by molar-refractivity contribution is 9.10. The molecule has 1 aromatic carbocycles. The van der Waals surface area contributed by atoms with Gasteiger partial charge in [0.05, 0.1) is 12.2 Å². The fourth-order valence-electron chi connectivity index (χ4n) is 1.24. The topological polar surface area (TPSA) is 70.2 Å². The lowest BCUT2D eigenvalue weighted by atomic mass is 10.3. The maximum Gasteiger partial charge on any atom is 0.319 e. The second kappa shape index (κ2) is 7.73. The molecule has 0 bridgehead atoms. The summed E-state index contributed by atoms with van der Waals surface area (Å²) in [7, 11) is 0. The van der Waals surface area contributed by atoms with Gasteiger partial charge in [0.25, 0.3) is 0 Å². The molecule has 0 aromatic heterocycles. The van der Waals surface area contributed by atoms with Crippen molar-refractivity contribution in [2.75, 3.05) is 18.4 Å². The molecule has 0 saturated carbocycles. The summed E-state index contributed by atoms with van der Waals surface area (Å²) in [5.41, 5.74) is 0.424. The summed E-state index contributed by atoms with van der Waals surface area (Å²) < 4.78 is 13.3. The van der Waals surface area contributed by atoms with Crippen molar-refractivity contribution in [2.45, 2.75) is 13.3 Å². The summed E-state index contributed by atoms with van der Waals surface area (Å²) in [6, 6.07) is 3.37. The van der Waals surface area contributed by atoms with Crippen molar-refractivity contribution in [3.05, 3.63) is 28.5 Å². The van der Waals surface area contributed by atoms with E-state index < -0.39 is 11.8 Å².